The van der Waals surface area contributed by atoms with E-state index >= 15 is 0 Å². The number of nitrogens with one attached hydrogen (secondary N) is 2. The van der Waals surface area contributed by atoms with Gasteiger partial charge in [-0.25, -0.2) is 4.84 Å². The Kier molecular flexibility index (Phi) is 9.42. The molecule has 0 aliphatic carbocycles. The molecule has 0 saturated heterocycles. The maximum absolute atomic E-state index is 11.7. The number of carboxylic acid groups (broad SMARTS) is 1. The van der Waals surface area contributed by atoms with Crippen molar-refractivity contribution < 1.29 is 14.7 Å². The molecular formula is C15H20ClIN2O3. The number of rotatable bonds is 10. The van der Waals surface area contributed by atoms with E-state index in [0.29, 0.717) is 25.8 Å². The summed E-state index contributed by atoms with van der Waals surface area (Å²) in [6.07, 6.45) is 3.05. The Morgan fingerprint density at radius 1 is 1.23 bits per heavy atom. The highest BCUT2D eigenvalue weighted by Gasteiger charge is 2.14. The van der Waals surface area contributed by atoms with Gasteiger partial charge in [-0.1, -0.05) is 12.1 Å². The van der Waals surface area contributed by atoms with Gasteiger partial charge in [-0.15, -0.1) is 0 Å². The average Bonchev–Trinajstić information content (AvgIpc) is 2.50. The van der Waals surface area contributed by atoms with Gasteiger partial charge in [-0.3, -0.25) is 9.59 Å². The molecule has 0 spiro atoms. The molecule has 1 amide bonds. The Hall–Kier alpha value is -0.860. The van der Waals surface area contributed by atoms with E-state index in [1.54, 1.807) is 0 Å². The fourth-order valence-corrected chi connectivity index (χ4v) is 2.49. The molecule has 1 aromatic carbocycles. The highest BCUT2D eigenvalue weighted by molar-refractivity contribution is 14.1. The number of carboxylic acids is 1. The van der Waals surface area contributed by atoms with Crippen molar-refractivity contribution in [1.29, 1.82) is 0 Å². The Morgan fingerprint density at radius 2 is 1.91 bits per heavy atom. The summed E-state index contributed by atoms with van der Waals surface area (Å²) < 4.78 is 1.18. The highest BCUT2D eigenvalue weighted by atomic mass is 127. The third kappa shape index (κ3) is 7.95. The number of hydrogen-bond donors (Lipinski definition) is 3. The second-order valence-corrected chi connectivity index (χ2v) is 6.44. The molecule has 1 aromatic rings. The van der Waals surface area contributed by atoms with Gasteiger partial charge in [0, 0.05) is 16.5 Å². The molecule has 22 heavy (non-hydrogen) atoms. The Morgan fingerprint density at radius 3 is 2.50 bits per heavy atom. The Labute approximate surface area is 149 Å². The maximum Gasteiger partial charge on any atom is 0.321 e. The standard InChI is InChI=1S/C15H20ClIN2O3/c16-19-13(15(21)22)3-1-2-10-18-14(20)9-6-11-4-7-12(17)8-5-11/h4-5,7-8,13,19H,1-3,6,9-10H2,(H,18,20)(H,21,22)/t13-/m0/s1. The van der Waals surface area contributed by atoms with Crippen LogP contribution in [0.2, 0.25) is 0 Å². The molecule has 0 radical (unpaired) electrons. The van der Waals surface area contributed by atoms with E-state index in [-0.39, 0.29) is 5.91 Å². The van der Waals surface area contributed by atoms with Crippen LogP contribution in [-0.2, 0) is 16.0 Å². The van der Waals surface area contributed by atoms with Crippen LogP contribution in [0, 0.1) is 3.57 Å². The summed E-state index contributed by atoms with van der Waals surface area (Å²) in [6, 6.07) is 7.37. The highest BCUT2D eigenvalue weighted by Crippen LogP contribution is 2.08. The fourth-order valence-electron chi connectivity index (χ4n) is 1.92. The van der Waals surface area contributed by atoms with Gasteiger partial charge in [-0.2, -0.15) is 0 Å². The van der Waals surface area contributed by atoms with Crippen LogP contribution in [0.5, 0.6) is 0 Å². The lowest BCUT2D eigenvalue weighted by atomic mass is 10.1. The predicted octanol–water partition coefficient (Wildman–Crippen LogP) is 2.71. The van der Waals surface area contributed by atoms with Gasteiger partial charge >= 0.3 is 5.97 Å². The van der Waals surface area contributed by atoms with Crippen molar-refractivity contribution in [2.45, 2.75) is 38.1 Å². The van der Waals surface area contributed by atoms with Gasteiger partial charge in [0.25, 0.3) is 0 Å². The summed E-state index contributed by atoms with van der Waals surface area (Å²) >= 11 is 7.58. The summed E-state index contributed by atoms with van der Waals surface area (Å²) in [5.41, 5.74) is 1.15. The molecule has 1 atom stereocenters. The lowest BCUT2D eigenvalue weighted by molar-refractivity contribution is -0.139. The zero-order valence-electron chi connectivity index (χ0n) is 12.1. The summed E-state index contributed by atoms with van der Waals surface area (Å²) in [5.74, 6) is -0.944. The molecule has 5 nitrogen and oxygen atoms in total. The number of aryl methyl sites for hydroxylation is 1. The molecule has 1 rings (SSSR count). The number of benzene rings is 1. The lowest BCUT2D eigenvalue weighted by Gasteiger charge is -2.09. The number of amides is 1. The zero-order chi connectivity index (χ0) is 16.4. The van der Waals surface area contributed by atoms with Crippen LogP contribution >= 0.6 is 34.4 Å². The van der Waals surface area contributed by atoms with E-state index in [9.17, 15) is 9.59 Å². The van der Waals surface area contributed by atoms with Crippen LogP contribution in [0.3, 0.4) is 0 Å². The molecule has 0 bridgehead atoms. The quantitative estimate of drug-likeness (QED) is 0.298. The molecule has 0 aliphatic rings. The molecule has 3 N–H and O–H groups in total. The molecular weight excluding hydrogens is 419 g/mol. The summed E-state index contributed by atoms with van der Waals surface area (Å²) in [4.78, 5) is 24.7. The Balaban J connectivity index is 2.11. The van der Waals surface area contributed by atoms with Gasteiger partial charge in [0.2, 0.25) is 5.91 Å². The van der Waals surface area contributed by atoms with Gasteiger partial charge in [0.1, 0.15) is 6.04 Å². The van der Waals surface area contributed by atoms with Crippen LogP contribution in [-0.4, -0.2) is 29.6 Å². The molecule has 122 valence electrons. The van der Waals surface area contributed by atoms with Crippen LogP contribution in [0.1, 0.15) is 31.2 Å². The number of carbonyl (C=O) groups excluding carboxylic acids is 1. The van der Waals surface area contributed by atoms with Gasteiger partial charge in [-0.05, 0) is 77.7 Å². The lowest BCUT2D eigenvalue weighted by Crippen LogP contribution is -2.31. The number of unbranched alkanes of at least 4 members (excludes halogenated alkanes) is 1. The minimum absolute atomic E-state index is 0.0174. The molecule has 7 heteroatoms. The minimum atomic E-state index is -0.962. The number of carbonyl (C=O) groups is 2. The summed E-state index contributed by atoms with van der Waals surface area (Å²) in [5, 5.41) is 11.6. The first-order chi connectivity index (χ1) is 10.5. The second-order valence-electron chi connectivity index (χ2n) is 4.97. The van der Waals surface area contributed by atoms with E-state index in [4.69, 9.17) is 16.9 Å². The monoisotopic (exact) mass is 438 g/mol. The normalized spacial score (nSPS) is 11.9. The van der Waals surface area contributed by atoms with Gasteiger partial charge in [0.15, 0.2) is 0 Å². The van der Waals surface area contributed by atoms with E-state index < -0.39 is 12.0 Å². The van der Waals surface area contributed by atoms with Crippen molar-refractivity contribution in [2.75, 3.05) is 6.54 Å². The van der Waals surface area contributed by atoms with Crippen LogP contribution in [0.4, 0.5) is 0 Å². The largest absolute Gasteiger partial charge is 0.480 e. The Bertz CT molecular complexity index is 482. The smallest absolute Gasteiger partial charge is 0.321 e. The summed E-state index contributed by atoms with van der Waals surface area (Å²) in [6.45, 7) is 0.556. The van der Waals surface area contributed by atoms with E-state index in [1.165, 1.54) is 3.57 Å². The first kappa shape index (κ1) is 19.2. The van der Waals surface area contributed by atoms with Crippen molar-refractivity contribution >= 4 is 46.2 Å². The third-order valence-corrected chi connectivity index (χ3v) is 4.21. The molecule has 0 aromatic heterocycles. The van der Waals surface area contributed by atoms with Crippen molar-refractivity contribution in [2.24, 2.45) is 0 Å². The SMILES string of the molecule is O=C(CCc1ccc(I)cc1)NCCCC[C@H](NCl)C(=O)O. The molecule has 0 saturated carbocycles. The van der Waals surface area contributed by atoms with Crippen molar-refractivity contribution in [3.63, 3.8) is 0 Å². The zero-order valence-corrected chi connectivity index (χ0v) is 15.1. The average molecular weight is 439 g/mol. The topological polar surface area (TPSA) is 78.4 Å². The van der Waals surface area contributed by atoms with E-state index in [1.807, 2.05) is 24.3 Å². The van der Waals surface area contributed by atoms with E-state index in [0.717, 1.165) is 18.4 Å². The van der Waals surface area contributed by atoms with Gasteiger partial charge < -0.3 is 10.4 Å². The predicted molar refractivity (Wildman–Crippen MR) is 94.8 cm³/mol. The van der Waals surface area contributed by atoms with Crippen molar-refractivity contribution in [3.8, 4) is 0 Å². The van der Waals surface area contributed by atoms with Gasteiger partial charge in [0.05, 0.1) is 0 Å². The first-order valence-corrected chi connectivity index (χ1v) is 8.58. The van der Waals surface area contributed by atoms with Crippen LogP contribution in [0.25, 0.3) is 0 Å². The van der Waals surface area contributed by atoms with E-state index in [2.05, 4.69) is 32.7 Å². The molecule has 0 heterocycles. The number of halogens is 2. The van der Waals surface area contributed by atoms with Crippen molar-refractivity contribution in [3.05, 3.63) is 33.4 Å². The molecule has 0 aliphatic heterocycles. The number of hydrogen-bond acceptors (Lipinski definition) is 3. The third-order valence-electron chi connectivity index (χ3n) is 3.23. The summed E-state index contributed by atoms with van der Waals surface area (Å²) in [7, 11) is 0. The minimum Gasteiger partial charge on any atom is -0.480 e. The van der Waals surface area contributed by atoms with Crippen LogP contribution < -0.4 is 10.2 Å². The first-order valence-electron chi connectivity index (χ1n) is 7.13. The fraction of sp³-hybridized carbons (Fsp3) is 0.467. The van der Waals surface area contributed by atoms with Crippen LogP contribution in [0.15, 0.2) is 24.3 Å². The second kappa shape index (κ2) is 10.8. The molecule has 0 fully saturated rings. The number of aliphatic carboxylic acids is 1. The maximum atomic E-state index is 11.7. The van der Waals surface area contributed by atoms with Crippen molar-refractivity contribution in [1.82, 2.24) is 10.2 Å². The molecule has 0 unspecified atom stereocenters.